The van der Waals surface area contributed by atoms with Gasteiger partial charge in [0, 0.05) is 11.3 Å². The smallest absolute Gasteiger partial charge is 0.265 e. The van der Waals surface area contributed by atoms with Crippen LogP contribution in [0.3, 0.4) is 0 Å². The molecule has 0 fully saturated rings. The summed E-state index contributed by atoms with van der Waals surface area (Å²) in [5.74, 6) is 0.789. The van der Waals surface area contributed by atoms with Crippen molar-refractivity contribution in [2.75, 3.05) is 5.32 Å². The molecule has 3 rings (SSSR count). The predicted octanol–water partition coefficient (Wildman–Crippen LogP) is 4.01. The Hall–Kier alpha value is -3.54. The number of para-hydroxylation sites is 1. The number of rotatable bonds is 8. The SMILES string of the molecule is CCC(Oc1ccccc1)C(=O)Nc1cccc(C(=O)NCc2ccco2)c1. The molecule has 1 heterocycles. The maximum absolute atomic E-state index is 12.6. The van der Waals surface area contributed by atoms with Crippen molar-refractivity contribution in [3.8, 4) is 5.75 Å². The molecule has 1 unspecified atom stereocenters. The number of nitrogens with one attached hydrogen (secondary N) is 2. The lowest BCUT2D eigenvalue weighted by atomic mass is 10.1. The van der Waals surface area contributed by atoms with E-state index in [2.05, 4.69) is 10.6 Å². The molecular formula is C22H22N2O4. The molecular weight excluding hydrogens is 356 g/mol. The number of carbonyl (C=O) groups is 2. The molecule has 0 radical (unpaired) electrons. The number of hydrogen-bond acceptors (Lipinski definition) is 4. The van der Waals surface area contributed by atoms with Gasteiger partial charge in [0.05, 0.1) is 12.8 Å². The minimum Gasteiger partial charge on any atom is -0.481 e. The standard InChI is InChI=1S/C22H22N2O4/c1-2-20(28-18-10-4-3-5-11-18)22(26)24-17-9-6-8-16(14-17)21(25)23-15-19-12-7-13-27-19/h3-14,20H,2,15H2,1H3,(H,23,25)(H,24,26). The Morgan fingerprint density at radius 3 is 2.57 bits per heavy atom. The van der Waals surface area contributed by atoms with Gasteiger partial charge in [0.15, 0.2) is 6.10 Å². The normalized spacial score (nSPS) is 11.5. The van der Waals surface area contributed by atoms with E-state index in [1.165, 1.54) is 0 Å². The van der Waals surface area contributed by atoms with Gasteiger partial charge in [0.1, 0.15) is 11.5 Å². The summed E-state index contributed by atoms with van der Waals surface area (Å²) >= 11 is 0. The molecule has 6 heteroatoms. The van der Waals surface area contributed by atoms with Gasteiger partial charge in [-0.1, -0.05) is 31.2 Å². The second-order valence-electron chi connectivity index (χ2n) is 6.16. The summed E-state index contributed by atoms with van der Waals surface area (Å²) in [5, 5.41) is 5.59. The highest BCUT2D eigenvalue weighted by atomic mass is 16.5. The fourth-order valence-electron chi connectivity index (χ4n) is 2.63. The lowest BCUT2D eigenvalue weighted by Gasteiger charge is -2.17. The van der Waals surface area contributed by atoms with Crippen LogP contribution in [0.25, 0.3) is 0 Å². The van der Waals surface area contributed by atoms with E-state index < -0.39 is 6.10 Å². The van der Waals surface area contributed by atoms with E-state index in [1.807, 2.05) is 25.1 Å². The van der Waals surface area contributed by atoms with E-state index in [9.17, 15) is 9.59 Å². The van der Waals surface area contributed by atoms with Gasteiger partial charge in [0.25, 0.3) is 11.8 Å². The third-order valence-corrected chi connectivity index (χ3v) is 4.08. The third kappa shape index (κ3) is 5.23. The largest absolute Gasteiger partial charge is 0.481 e. The Bertz CT molecular complexity index is 907. The maximum Gasteiger partial charge on any atom is 0.265 e. The van der Waals surface area contributed by atoms with Crippen LogP contribution >= 0.6 is 0 Å². The van der Waals surface area contributed by atoms with Crippen molar-refractivity contribution < 1.29 is 18.7 Å². The van der Waals surface area contributed by atoms with Crippen LogP contribution in [0.1, 0.15) is 29.5 Å². The molecule has 28 heavy (non-hydrogen) atoms. The van der Waals surface area contributed by atoms with Crippen LogP contribution in [-0.2, 0) is 11.3 Å². The first kappa shape index (κ1) is 19.2. The lowest BCUT2D eigenvalue weighted by Crippen LogP contribution is -2.32. The van der Waals surface area contributed by atoms with Gasteiger partial charge >= 0.3 is 0 Å². The molecule has 1 atom stereocenters. The Labute approximate surface area is 163 Å². The highest BCUT2D eigenvalue weighted by Crippen LogP contribution is 2.16. The highest BCUT2D eigenvalue weighted by Gasteiger charge is 2.19. The van der Waals surface area contributed by atoms with E-state index >= 15 is 0 Å². The number of hydrogen-bond donors (Lipinski definition) is 2. The average Bonchev–Trinajstić information content (AvgIpc) is 3.25. The first-order valence-electron chi connectivity index (χ1n) is 9.09. The molecule has 0 aliphatic carbocycles. The lowest BCUT2D eigenvalue weighted by molar-refractivity contribution is -0.122. The first-order valence-corrected chi connectivity index (χ1v) is 9.09. The third-order valence-electron chi connectivity index (χ3n) is 4.08. The van der Waals surface area contributed by atoms with Gasteiger partial charge in [-0.25, -0.2) is 0 Å². The maximum atomic E-state index is 12.6. The summed E-state index contributed by atoms with van der Waals surface area (Å²) in [6.45, 7) is 2.18. The summed E-state index contributed by atoms with van der Waals surface area (Å²) in [7, 11) is 0. The highest BCUT2D eigenvalue weighted by molar-refractivity contribution is 5.98. The summed E-state index contributed by atoms with van der Waals surface area (Å²) in [4.78, 5) is 24.9. The van der Waals surface area contributed by atoms with Crippen molar-refractivity contribution in [1.29, 1.82) is 0 Å². The summed E-state index contributed by atoms with van der Waals surface area (Å²) in [6.07, 6.45) is 1.45. The van der Waals surface area contributed by atoms with E-state index in [1.54, 1.807) is 54.8 Å². The summed E-state index contributed by atoms with van der Waals surface area (Å²) in [5.41, 5.74) is 0.979. The number of benzene rings is 2. The van der Waals surface area contributed by atoms with Crippen molar-refractivity contribution in [3.05, 3.63) is 84.3 Å². The molecule has 0 aliphatic heterocycles. The van der Waals surface area contributed by atoms with Crippen LogP contribution in [0.15, 0.2) is 77.4 Å². The number of carbonyl (C=O) groups excluding carboxylic acids is 2. The van der Waals surface area contributed by atoms with Crippen molar-refractivity contribution in [2.24, 2.45) is 0 Å². The molecule has 2 N–H and O–H groups in total. The number of furan rings is 1. The molecule has 0 saturated carbocycles. The predicted molar refractivity (Wildman–Crippen MR) is 106 cm³/mol. The molecule has 2 aromatic carbocycles. The monoisotopic (exact) mass is 378 g/mol. The topological polar surface area (TPSA) is 80.6 Å². The van der Waals surface area contributed by atoms with Crippen molar-refractivity contribution in [3.63, 3.8) is 0 Å². The van der Waals surface area contributed by atoms with Gasteiger partial charge in [-0.05, 0) is 48.9 Å². The Balaban J connectivity index is 1.61. The molecule has 144 valence electrons. The van der Waals surface area contributed by atoms with Crippen LogP contribution in [0.4, 0.5) is 5.69 Å². The molecule has 1 aromatic heterocycles. The Morgan fingerprint density at radius 2 is 1.86 bits per heavy atom. The van der Waals surface area contributed by atoms with Crippen LogP contribution < -0.4 is 15.4 Å². The van der Waals surface area contributed by atoms with E-state index in [-0.39, 0.29) is 11.8 Å². The van der Waals surface area contributed by atoms with Gasteiger partial charge < -0.3 is 19.8 Å². The van der Waals surface area contributed by atoms with Crippen LogP contribution in [0.2, 0.25) is 0 Å². The molecule has 2 amide bonds. The van der Waals surface area contributed by atoms with Gasteiger partial charge in [-0.2, -0.15) is 0 Å². The molecule has 0 bridgehead atoms. The minimum absolute atomic E-state index is 0.250. The van der Waals surface area contributed by atoms with Crippen LogP contribution in [-0.4, -0.2) is 17.9 Å². The molecule has 6 nitrogen and oxygen atoms in total. The van der Waals surface area contributed by atoms with Crippen molar-refractivity contribution in [2.45, 2.75) is 26.0 Å². The molecule has 3 aromatic rings. The Kier molecular flexibility index (Phi) is 6.46. The van der Waals surface area contributed by atoms with Gasteiger partial charge in [-0.3, -0.25) is 9.59 Å². The Morgan fingerprint density at radius 1 is 1.04 bits per heavy atom. The van der Waals surface area contributed by atoms with Crippen LogP contribution in [0.5, 0.6) is 5.75 Å². The number of amides is 2. The molecule has 0 aliphatic rings. The fourth-order valence-corrected chi connectivity index (χ4v) is 2.63. The first-order chi connectivity index (χ1) is 13.7. The second-order valence-corrected chi connectivity index (χ2v) is 6.16. The van der Waals surface area contributed by atoms with E-state index in [0.717, 1.165) is 0 Å². The van der Waals surface area contributed by atoms with E-state index in [4.69, 9.17) is 9.15 Å². The quantitative estimate of drug-likeness (QED) is 0.621. The molecule has 0 spiro atoms. The second kappa shape index (κ2) is 9.41. The zero-order valence-electron chi connectivity index (χ0n) is 15.6. The zero-order valence-corrected chi connectivity index (χ0v) is 15.6. The average molecular weight is 378 g/mol. The van der Waals surface area contributed by atoms with Crippen molar-refractivity contribution in [1.82, 2.24) is 5.32 Å². The summed E-state index contributed by atoms with van der Waals surface area (Å²) < 4.78 is 11.0. The minimum atomic E-state index is -0.626. The number of anilines is 1. The molecule has 0 saturated heterocycles. The summed E-state index contributed by atoms with van der Waals surface area (Å²) in [6, 6.07) is 19.5. The van der Waals surface area contributed by atoms with Crippen molar-refractivity contribution >= 4 is 17.5 Å². The van der Waals surface area contributed by atoms with Gasteiger partial charge in [0.2, 0.25) is 0 Å². The fraction of sp³-hybridized carbons (Fsp3) is 0.182. The van der Waals surface area contributed by atoms with Gasteiger partial charge in [-0.15, -0.1) is 0 Å². The zero-order chi connectivity index (χ0) is 19.8. The number of ether oxygens (including phenoxy) is 1. The van der Waals surface area contributed by atoms with Crippen LogP contribution in [0, 0.1) is 0 Å². The van der Waals surface area contributed by atoms with E-state index in [0.29, 0.717) is 35.7 Å².